The predicted molar refractivity (Wildman–Crippen MR) is 132 cm³/mol. The molecule has 1 heterocycles. The number of ether oxygens (including phenoxy) is 1. The van der Waals surface area contributed by atoms with Crippen LogP contribution >= 0.6 is 0 Å². The van der Waals surface area contributed by atoms with Gasteiger partial charge in [0.2, 0.25) is 11.8 Å². The number of aliphatic hydroxyl groups is 1. The zero-order valence-corrected chi connectivity index (χ0v) is 21.4. The van der Waals surface area contributed by atoms with Crippen molar-refractivity contribution >= 4 is 17.6 Å². The number of carbonyl (C=O) groups excluding carboxylic acids is 3. The molecule has 0 radical (unpaired) electrons. The fraction of sp³-hybridized carbons (Fsp3) is 0.667. The van der Waals surface area contributed by atoms with E-state index in [1.165, 1.54) is 11.1 Å². The van der Waals surface area contributed by atoms with Crippen LogP contribution in [0.4, 0.5) is 0 Å². The lowest BCUT2D eigenvalue weighted by Gasteiger charge is -2.26. The van der Waals surface area contributed by atoms with Crippen molar-refractivity contribution in [3.05, 3.63) is 35.4 Å². The van der Waals surface area contributed by atoms with E-state index in [0.717, 1.165) is 19.3 Å². The molecule has 2 aliphatic rings. The highest BCUT2D eigenvalue weighted by Crippen LogP contribution is 2.30. The van der Waals surface area contributed by atoms with Crippen LogP contribution in [0.3, 0.4) is 0 Å². The minimum absolute atomic E-state index is 0.138. The first-order chi connectivity index (χ1) is 16.3. The summed E-state index contributed by atoms with van der Waals surface area (Å²) in [5.41, 5.74) is 1.47. The Morgan fingerprint density at radius 3 is 2.32 bits per heavy atom. The van der Waals surface area contributed by atoms with Gasteiger partial charge in [-0.2, -0.15) is 0 Å². The Bertz CT molecular complexity index is 834. The van der Waals surface area contributed by atoms with Crippen LogP contribution in [0.5, 0.6) is 0 Å². The maximum absolute atomic E-state index is 12.9. The van der Waals surface area contributed by atoms with Gasteiger partial charge in [-0.25, -0.2) is 0 Å². The van der Waals surface area contributed by atoms with Crippen LogP contribution in [-0.2, 0) is 32.0 Å². The summed E-state index contributed by atoms with van der Waals surface area (Å²) >= 11 is 0. The van der Waals surface area contributed by atoms with Crippen LogP contribution < -0.4 is 10.6 Å². The van der Waals surface area contributed by atoms with E-state index in [-0.39, 0.29) is 36.0 Å². The molecular formula is C27H42N2O5. The lowest BCUT2D eigenvalue weighted by molar-refractivity contribution is -0.134. The topological polar surface area (TPSA) is 108 Å². The van der Waals surface area contributed by atoms with E-state index in [1.807, 2.05) is 46.8 Å². The van der Waals surface area contributed by atoms with Gasteiger partial charge in [-0.05, 0) is 55.1 Å². The number of benzene rings is 1. The molecule has 0 aromatic heterocycles. The number of epoxide rings is 1. The van der Waals surface area contributed by atoms with E-state index in [1.54, 1.807) is 0 Å². The number of hydrogen-bond donors (Lipinski definition) is 3. The Hall–Kier alpha value is -2.25. The summed E-state index contributed by atoms with van der Waals surface area (Å²) in [5, 5.41) is 15.2. The third kappa shape index (κ3) is 7.37. The molecule has 1 fully saturated rings. The van der Waals surface area contributed by atoms with Gasteiger partial charge in [-0.3, -0.25) is 14.4 Å². The van der Waals surface area contributed by atoms with Crippen molar-refractivity contribution < 1.29 is 24.2 Å². The lowest BCUT2D eigenvalue weighted by atomic mass is 9.82. The summed E-state index contributed by atoms with van der Waals surface area (Å²) in [6, 6.07) is 6.89. The smallest absolute Gasteiger partial charge is 0.243 e. The van der Waals surface area contributed by atoms with Gasteiger partial charge in [0.15, 0.2) is 11.4 Å². The van der Waals surface area contributed by atoms with Gasteiger partial charge in [0, 0.05) is 6.42 Å². The predicted octanol–water partition coefficient (Wildman–Crippen LogP) is 2.96. The third-order valence-electron chi connectivity index (χ3n) is 6.52. The Morgan fingerprint density at radius 1 is 1.12 bits per heavy atom. The number of carbonyl (C=O) groups is 3. The van der Waals surface area contributed by atoms with Crippen molar-refractivity contribution in [2.45, 2.75) is 90.8 Å². The van der Waals surface area contributed by atoms with Crippen LogP contribution in [0.15, 0.2) is 24.3 Å². The molecule has 1 aromatic carbocycles. The Labute approximate surface area is 204 Å². The second-order valence-electron chi connectivity index (χ2n) is 9.61. The van der Waals surface area contributed by atoms with Gasteiger partial charge < -0.3 is 20.5 Å². The number of rotatable bonds is 11. The number of ketones is 1. The fourth-order valence-electron chi connectivity index (χ4n) is 4.51. The first-order valence-corrected chi connectivity index (χ1v) is 12.7. The molecule has 4 unspecified atom stereocenters. The molecule has 1 saturated heterocycles. The van der Waals surface area contributed by atoms with Crippen molar-refractivity contribution in [1.29, 1.82) is 0 Å². The van der Waals surface area contributed by atoms with Crippen molar-refractivity contribution in [3.8, 4) is 0 Å². The van der Waals surface area contributed by atoms with E-state index >= 15 is 0 Å². The summed E-state index contributed by atoms with van der Waals surface area (Å²) in [7, 11) is 0. The van der Waals surface area contributed by atoms with E-state index in [4.69, 9.17) is 4.74 Å². The molecule has 2 amide bonds. The van der Waals surface area contributed by atoms with E-state index in [2.05, 4.69) is 22.8 Å². The largest absolute Gasteiger partial charge is 0.393 e. The minimum atomic E-state index is -1.19. The van der Waals surface area contributed by atoms with Crippen molar-refractivity contribution in [1.82, 2.24) is 10.6 Å². The molecule has 7 heteroatoms. The molecule has 1 aromatic rings. The van der Waals surface area contributed by atoms with Crippen LogP contribution in [0.2, 0.25) is 0 Å². The first-order valence-electron chi connectivity index (χ1n) is 12.7. The lowest BCUT2D eigenvalue weighted by Crippen LogP contribution is -2.54. The molecule has 190 valence electrons. The average Bonchev–Trinajstić information content (AvgIpc) is 3.64. The Kier molecular flexibility index (Phi) is 10.7. The SMILES string of the molecule is CC.CCC(NC(=O)CC1CCc2ccccc2C1)C(=O)NC(CC(C)C)C(=O)C1(CO)CO1. The molecule has 0 spiro atoms. The van der Waals surface area contributed by atoms with Crippen molar-refractivity contribution in [2.75, 3.05) is 13.2 Å². The molecule has 0 saturated carbocycles. The van der Waals surface area contributed by atoms with Gasteiger partial charge in [0.1, 0.15) is 6.04 Å². The number of aliphatic hydroxyl groups excluding tert-OH is 1. The molecule has 7 nitrogen and oxygen atoms in total. The monoisotopic (exact) mass is 474 g/mol. The summed E-state index contributed by atoms with van der Waals surface area (Å²) < 4.78 is 5.19. The van der Waals surface area contributed by atoms with Gasteiger partial charge >= 0.3 is 0 Å². The van der Waals surface area contributed by atoms with Crippen LogP contribution in [0.1, 0.15) is 71.4 Å². The quantitative estimate of drug-likeness (QED) is 0.428. The standard InChI is InChI=1S/C25H36N2O5.C2H6/c1-4-20(24(31)27-21(11-16(2)3)23(30)25(14-28)15-32-25)26-22(29)13-17-9-10-18-7-5-6-8-19(18)12-17;1-2/h5-8,16-17,20-21,28H,4,9-15H2,1-3H3,(H,26,29)(H,27,31);1-2H3. The van der Waals surface area contributed by atoms with Crippen LogP contribution in [0.25, 0.3) is 0 Å². The highest BCUT2D eigenvalue weighted by molar-refractivity contribution is 5.98. The van der Waals surface area contributed by atoms with Crippen molar-refractivity contribution in [3.63, 3.8) is 0 Å². The second-order valence-corrected chi connectivity index (χ2v) is 9.61. The summed E-state index contributed by atoms with van der Waals surface area (Å²) in [4.78, 5) is 38.5. The first kappa shape index (κ1) is 28.0. The number of aryl methyl sites for hydroxylation is 1. The summed E-state index contributed by atoms with van der Waals surface area (Å²) in [6.45, 7) is 9.54. The zero-order chi connectivity index (χ0) is 25.3. The molecule has 3 rings (SSSR count). The Morgan fingerprint density at radius 2 is 1.76 bits per heavy atom. The number of amides is 2. The molecule has 34 heavy (non-hydrogen) atoms. The molecule has 3 N–H and O–H groups in total. The second kappa shape index (κ2) is 13.0. The van der Waals surface area contributed by atoms with Gasteiger partial charge in [-0.1, -0.05) is 58.9 Å². The van der Waals surface area contributed by atoms with Crippen LogP contribution in [0, 0.1) is 11.8 Å². The summed E-state index contributed by atoms with van der Waals surface area (Å²) in [5.74, 6) is -0.382. The highest BCUT2D eigenvalue weighted by atomic mass is 16.6. The van der Waals surface area contributed by atoms with Crippen LogP contribution in [-0.4, -0.2) is 53.6 Å². The molecule has 1 aliphatic carbocycles. The molecular weight excluding hydrogens is 432 g/mol. The number of nitrogens with one attached hydrogen (secondary N) is 2. The zero-order valence-electron chi connectivity index (χ0n) is 21.4. The third-order valence-corrected chi connectivity index (χ3v) is 6.52. The van der Waals surface area contributed by atoms with E-state index in [9.17, 15) is 19.5 Å². The normalized spacial score (nSPS) is 22.5. The number of Topliss-reactive ketones (excluding diaryl/α,β-unsaturated/α-hetero) is 1. The molecule has 0 bridgehead atoms. The van der Waals surface area contributed by atoms with Crippen molar-refractivity contribution in [2.24, 2.45) is 11.8 Å². The average molecular weight is 475 g/mol. The van der Waals surface area contributed by atoms with Gasteiger partial charge in [0.05, 0.1) is 19.3 Å². The van der Waals surface area contributed by atoms with Gasteiger partial charge in [-0.15, -0.1) is 0 Å². The fourth-order valence-corrected chi connectivity index (χ4v) is 4.51. The maximum Gasteiger partial charge on any atom is 0.243 e. The number of fused-ring (bicyclic) bond motifs is 1. The summed E-state index contributed by atoms with van der Waals surface area (Å²) in [6.07, 6.45) is 4.06. The maximum atomic E-state index is 12.9. The molecule has 1 aliphatic heterocycles. The van der Waals surface area contributed by atoms with E-state index < -0.39 is 24.3 Å². The van der Waals surface area contributed by atoms with Gasteiger partial charge in [0.25, 0.3) is 0 Å². The van der Waals surface area contributed by atoms with E-state index in [0.29, 0.717) is 19.3 Å². The number of hydrogen-bond acceptors (Lipinski definition) is 5. The molecule has 4 atom stereocenters. The minimum Gasteiger partial charge on any atom is -0.393 e. The highest BCUT2D eigenvalue weighted by Gasteiger charge is 2.54. The Balaban J connectivity index is 0.00000199.